The molecule has 0 aliphatic heterocycles. The maximum Gasteiger partial charge on any atom is 0.416 e. The fraction of sp³-hybridized carbons (Fsp3) is 0.462. The minimum absolute atomic E-state index is 0.0768. The van der Waals surface area contributed by atoms with E-state index in [0.29, 0.717) is 16.9 Å². The van der Waals surface area contributed by atoms with Gasteiger partial charge in [-0.2, -0.15) is 13.2 Å². The van der Waals surface area contributed by atoms with Crippen molar-refractivity contribution in [2.45, 2.75) is 20.0 Å². The topological polar surface area (TPSA) is 41.1 Å². The van der Waals surface area contributed by atoms with E-state index in [2.05, 4.69) is 26.6 Å². The molecule has 0 fully saturated rings. The third-order valence-electron chi connectivity index (χ3n) is 2.44. The van der Waals surface area contributed by atoms with E-state index in [1.165, 1.54) is 6.07 Å². The second-order valence-corrected chi connectivity index (χ2v) is 5.60. The van der Waals surface area contributed by atoms with E-state index in [0.717, 1.165) is 12.1 Å². The highest BCUT2D eigenvalue weighted by atomic mass is 79.9. The lowest BCUT2D eigenvalue weighted by Crippen LogP contribution is -2.32. The summed E-state index contributed by atoms with van der Waals surface area (Å²) in [5.41, 5.74) is -0.523. The van der Waals surface area contributed by atoms with E-state index < -0.39 is 11.7 Å². The molecule has 0 saturated carbocycles. The van der Waals surface area contributed by atoms with Gasteiger partial charge in [-0.15, -0.1) is 0 Å². The number of amides is 1. The molecule has 20 heavy (non-hydrogen) atoms. The molecule has 1 rings (SSSR count). The van der Waals surface area contributed by atoms with E-state index in [4.69, 9.17) is 0 Å². The Hall–Kier alpha value is -1.24. The molecule has 0 aromatic heterocycles. The average molecular weight is 353 g/mol. The minimum atomic E-state index is -4.41. The van der Waals surface area contributed by atoms with E-state index in [9.17, 15) is 18.0 Å². The first-order chi connectivity index (χ1) is 9.20. The number of nitrogens with one attached hydrogen (secondary N) is 2. The van der Waals surface area contributed by atoms with Gasteiger partial charge in [0.25, 0.3) is 0 Å². The third kappa shape index (κ3) is 5.40. The Labute approximate surface area is 124 Å². The predicted molar refractivity (Wildman–Crippen MR) is 75.5 cm³/mol. The maximum atomic E-state index is 12.6. The van der Waals surface area contributed by atoms with Crippen LogP contribution in [0, 0.1) is 5.92 Å². The zero-order chi connectivity index (χ0) is 15.3. The maximum absolute atomic E-state index is 12.6. The number of hydrogen-bond donors (Lipinski definition) is 2. The van der Waals surface area contributed by atoms with Crippen molar-refractivity contribution in [3.8, 4) is 0 Å². The summed E-state index contributed by atoms with van der Waals surface area (Å²) in [7, 11) is 0. The van der Waals surface area contributed by atoms with E-state index in [-0.39, 0.29) is 18.1 Å². The number of alkyl halides is 3. The van der Waals surface area contributed by atoms with E-state index in [1.807, 2.05) is 13.8 Å². The molecule has 0 atom stereocenters. The van der Waals surface area contributed by atoms with Crippen LogP contribution in [0.1, 0.15) is 19.4 Å². The summed E-state index contributed by atoms with van der Waals surface area (Å²) in [5.74, 6) is 0.0576. The average Bonchev–Trinajstić information content (AvgIpc) is 2.33. The van der Waals surface area contributed by atoms with Crippen molar-refractivity contribution >= 4 is 27.5 Å². The molecule has 2 N–H and O–H groups in total. The molecule has 1 aromatic rings. The number of hydrogen-bond acceptors (Lipinski definition) is 2. The number of halogens is 4. The lowest BCUT2D eigenvalue weighted by atomic mass is 10.2. The fourth-order valence-electron chi connectivity index (χ4n) is 1.39. The quantitative estimate of drug-likeness (QED) is 0.849. The van der Waals surface area contributed by atoms with Gasteiger partial charge in [0.1, 0.15) is 0 Å². The molecule has 0 heterocycles. The summed E-state index contributed by atoms with van der Waals surface area (Å²) in [6.45, 7) is 4.37. The van der Waals surface area contributed by atoms with Crippen molar-refractivity contribution in [3.05, 3.63) is 28.2 Å². The Morgan fingerprint density at radius 2 is 2.00 bits per heavy atom. The first kappa shape index (κ1) is 16.8. The normalized spacial score (nSPS) is 11.6. The molecule has 112 valence electrons. The van der Waals surface area contributed by atoms with Gasteiger partial charge in [-0.05, 0) is 40.0 Å². The molecule has 0 aliphatic carbocycles. The van der Waals surface area contributed by atoms with Crippen LogP contribution in [0.3, 0.4) is 0 Å². The van der Waals surface area contributed by atoms with Crippen molar-refractivity contribution in [2.75, 3.05) is 18.4 Å². The first-order valence-corrected chi connectivity index (χ1v) is 6.86. The molecule has 1 amide bonds. The standard InChI is InChI=1S/C13H16BrF3N2O/c1-8(2)6-19-12(20)7-18-11-5-9(13(15,16)17)3-4-10(11)14/h3-5,8,18H,6-7H2,1-2H3,(H,19,20). The molecule has 0 unspecified atom stereocenters. The first-order valence-electron chi connectivity index (χ1n) is 6.07. The van der Waals surface area contributed by atoms with E-state index in [1.54, 1.807) is 0 Å². The third-order valence-corrected chi connectivity index (χ3v) is 3.13. The molecule has 0 bridgehead atoms. The van der Waals surface area contributed by atoms with Crippen LogP contribution in [0.2, 0.25) is 0 Å². The largest absolute Gasteiger partial charge is 0.416 e. The summed E-state index contributed by atoms with van der Waals surface area (Å²) < 4.78 is 38.2. The Morgan fingerprint density at radius 3 is 2.55 bits per heavy atom. The highest BCUT2D eigenvalue weighted by molar-refractivity contribution is 9.10. The Bertz CT molecular complexity index is 475. The van der Waals surface area contributed by atoms with E-state index >= 15 is 0 Å². The van der Waals surface area contributed by atoms with Gasteiger partial charge < -0.3 is 10.6 Å². The van der Waals surface area contributed by atoms with Crippen LogP contribution in [-0.2, 0) is 11.0 Å². The van der Waals surface area contributed by atoms with Gasteiger partial charge in [0.2, 0.25) is 5.91 Å². The molecule has 0 saturated heterocycles. The number of benzene rings is 1. The summed E-state index contributed by atoms with van der Waals surface area (Å²) in [4.78, 5) is 11.5. The van der Waals surface area contributed by atoms with Gasteiger partial charge in [-0.25, -0.2) is 0 Å². The number of anilines is 1. The van der Waals surface area contributed by atoms with Gasteiger partial charge in [0, 0.05) is 16.7 Å². The molecule has 3 nitrogen and oxygen atoms in total. The molecule has 0 radical (unpaired) electrons. The second-order valence-electron chi connectivity index (χ2n) is 4.74. The van der Waals surface area contributed by atoms with Crippen LogP contribution in [0.25, 0.3) is 0 Å². The molecular formula is C13H16BrF3N2O. The molecule has 0 aliphatic rings. The van der Waals surface area contributed by atoms with Crippen LogP contribution in [0.4, 0.5) is 18.9 Å². The zero-order valence-corrected chi connectivity index (χ0v) is 12.7. The number of rotatable bonds is 5. The fourth-order valence-corrected chi connectivity index (χ4v) is 1.78. The predicted octanol–water partition coefficient (Wildman–Crippen LogP) is 3.65. The number of carbonyl (C=O) groups is 1. The molecule has 0 spiro atoms. The van der Waals surface area contributed by atoms with Crippen LogP contribution >= 0.6 is 15.9 Å². The van der Waals surface area contributed by atoms with Gasteiger partial charge in [0.05, 0.1) is 12.1 Å². The molecular weight excluding hydrogens is 337 g/mol. The molecule has 7 heteroatoms. The van der Waals surface area contributed by atoms with Crippen LogP contribution < -0.4 is 10.6 Å². The van der Waals surface area contributed by atoms with Crippen molar-refractivity contribution < 1.29 is 18.0 Å². The highest BCUT2D eigenvalue weighted by Crippen LogP contribution is 2.33. The summed E-state index contributed by atoms with van der Waals surface area (Å²) in [5, 5.41) is 5.37. The Morgan fingerprint density at radius 1 is 1.35 bits per heavy atom. The lowest BCUT2D eigenvalue weighted by molar-refractivity contribution is -0.137. The molecule has 1 aromatic carbocycles. The summed E-state index contributed by atoms with van der Waals surface area (Å²) in [6.07, 6.45) is -4.41. The SMILES string of the molecule is CC(C)CNC(=O)CNc1cc(C(F)(F)F)ccc1Br. The van der Waals surface area contributed by atoms with Gasteiger partial charge in [-0.1, -0.05) is 13.8 Å². The van der Waals surface area contributed by atoms with Crippen LogP contribution in [0.15, 0.2) is 22.7 Å². The van der Waals surface area contributed by atoms with Crippen molar-refractivity contribution in [1.29, 1.82) is 0 Å². The summed E-state index contributed by atoms with van der Waals surface area (Å²) >= 11 is 3.15. The van der Waals surface area contributed by atoms with Gasteiger partial charge >= 0.3 is 6.18 Å². The second kappa shape index (κ2) is 6.97. The van der Waals surface area contributed by atoms with Crippen molar-refractivity contribution in [1.82, 2.24) is 5.32 Å². The summed E-state index contributed by atoms with van der Waals surface area (Å²) in [6, 6.07) is 3.26. The minimum Gasteiger partial charge on any atom is -0.375 e. The lowest BCUT2D eigenvalue weighted by Gasteiger charge is -2.13. The zero-order valence-electron chi connectivity index (χ0n) is 11.1. The highest BCUT2D eigenvalue weighted by Gasteiger charge is 2.30. The Balaban J connectivity index is 2.66. The van der Waals surface area contributed by atoms with Crippen molar-refractivity contribution in [2.24, 2.45) is 5.92 Å². The number of carbonyl (C=O) groups excluding carboxylic acids is 1. The monoisotopic (exact) mass is 352 g/mol. The van der Waals surface area contributed by atoms with Gasteiger partial charge in [-0.3, -0.25) is 4.79 Å². The Kier molecular flexibility index (Phi) is 5.86. The smallest absolute Gasteiger partial charge is 0.375 e. The van der Waals surface area contributed by atoms with Gasteiger partial charge in [0.15, 0.2) is 0 Å². The van der Waals surface area contributed by atoms with Crippen LogP contribution in [0.5, 0.6) is 0 Å². The van der Waals surface area contributed by atoms with Crippen molar-refractivity contribution in [3.63, 3.8) is 0 Å². The van der Waals surface area contributed by atoms with Crippen LogP contribution in [-0.4, -0.2) is 19.0 Å².